The van der Waals surface area contributed by atoms with Gasteiger partial charge in [0.05, 0.1) is 15.7 Å². The number of pyridine rings is 1. The van der Waals surface area contributed by atoms with E-state index in [-0.39, 0.29) is 28.3 Å². The lowest BCUT2D eigenvalue weighted by atomic mass is 9.89. The van der Waals surface area contributed by atoms with Crippen LogP contribution in [0.4, 0.5) is 26.3 Å². The highest BCUT2D eigenvalue weighted by molar-refractivity contribution is 7.84. The van der Waals surface area contributed by atoms with Gasteiger partial charge in [0.15, 0.2) is 5.69 Å². The average molecular weight is 534 g/mol. The molecule has 0 aliphatic rings. The number of aromatic nitrogens is 2. The number of fused-ring (bicyclic) bond motifs is 1. The molecule has 0 radical (unpaired) electrons. The van der Waals surface area contributed by atoms with E-state index in [1.165, 1.54) is 32.2 Å². The van der Waals surface area contributed by atoms with Gasteiger partial charge in [-0.15, -0.1) is 0 Å². The molecule has 1 unspecified atom stereocenters. The standard InChI is InChI=1S/C25H29F6N3OS/c1-23(2,3)13-34-12-18(17(22(27)28)11-24(4,5)36(32)35)16-9-19(26)15(10-20(16)34)14-7-6-8-33-21(14)25(29,30)31/h6-10,12,17,22H,11,13,32H2,1-5H3/t17-,36?/m0/s1. The molecule has 1 aromatic carbocycles. The van der Waals surface area contributed by atoms with Crippen molar-refractivity contribution in [1.29, 1.82) is 0 Å². The van der Waals surface area contributed by atoms with E-state index in [2.05, 4.69) is 4.98 Å². The van der Waals surface area contributed by atoms with Gasteiger partial charge < -0.3 is 4.57 Å². The third kappa shape index (κ3) is 5.94. The Kier molecular flexibility index (Phi) is 7.68. The van der Waals surface area contributed by atoms with Crippen molar-refractivity contribution in [2.75, 3.05) is 0 Å². The van der Waals surface area contributed by atoms with Gasteiger partial charge in [0.2, 0.25) is 6.43 Å². The third-order valence-electron chi connectivity index (χ3n) is 5.97. The maximum Gasteiger partial charge on any atom is 0.433 e. The van der Waals surface area contributed by atoms with Crippen molar-refractivity contribution in [2.45, 2.75) is 70.9 Å². The molecular weight excluding hydrogens is 504 g/mol. The van der Waals surface area contributed by atoms with E-state index < -0.39 is 51.3 Å². The number of nitrogens with two attached hydrogens (primary N) is 1. The number of halogens is 6. The van der Waals surface area contributed by atoms with Crippen LogP contribution in [0.15, 0.2) is 36.7 Å². The Balaban J connectivity index is 2.31. The van der Waals surface area contributed by atoms with Gasteiger partial charge >= 0.3 is 6.18 Å². The van der Waals surface area contributed by atoms with Gasteiger partial charge in [0, 0.05) is 46.9 Å². The summed E-state index contributed by atoms with van der Waals surface area (Å²) in [6.07, 6.45) is -5.48. The first kappa shape index (κ1) is 28.2. The Morgan fingerprint density at radius 1 is 1.08 bits per heavy atom. The smallest absolute Gasteiger partial charge is 0.347 e. The first-order valence-electron chi connectivity index (χ1n) is 11.2. The molecule has 198 valence electrons. The van der Waals surface area contributed by atoms with E-state index in [0.29, 0.717) is 12.1 Å². The summed E-state index contributed by atoms with van der Waals surface area (Å²) in [5, 5.41) is 5.67. The summed E-state index contributed by atoms with van der Waals surface area (Å²) in [7, 11) is -1.90. The van der Waals surface area contributed by atoms with Crippen molar-refractivity contribution in [3.8, 4) is 11.1 Å². The highest BCUT2D eigenvalue weighted by Crippen LogP contribution is 2.42. The van der Waals surface area contributed by atoms with Gasteiger partial charge in [-0.05, 0) is 49.4 Å². The fourth-order valence-electron chi connectivity index (χ4n) is 4.28. The molecule has 4 nitrogen and oxygen atoms in total. The number of nitrogens with zero attached hydrogens (tertiary/aromatic N) is 2. The van der Waals surface area contributed by atoms with Gasteiger partial charge in [-0.25, -0.2) is 17.4 Å². The van der Waals surface area contributed by atoms with Gasteiger partial charge in [-0.3, -0.25) is 10.1 Å². The van der Waals surface area contributed by atoms with E-state index in [1.807, 2.05) is 20.8 Å². The molecule has 0 fully saturated rings. The van der Waals surface area contributed by atoms with Crippen LogP contribution in [0.1, 0.15) is 58.2 Å². The summed E-state index contributed by atoms with van der Waals surface area (Å²) in [6.45, 7) is 9.08. The maximum absolute atomic E-state index is 15.4. The number of benzene rings is 1. The molecule has 0 bridgehead atoms. The lowest BCUT2D eigenvalue weighted by Gasteiger charge is -2.27. The second-order valence-electron chi connectivity index (χ2n) is 10.7. The molecule has 3 aromatic rings. The van der Waals surface area contributed by atoms with E-state index in [9.17, 15) is 26.2 Å². The van der Waals surface area contributed by atoms with Crippen molar-refractivity contribution in [2.24, 2.45) is 10.6 Å². The Morgan fingerprint density at radius 2 is 1.72 bits per heavy atom. The Morgan fingerprint density at radius 3 is 2.25 bits per heavy atom. The summed E-state index contributed by atoms with van der Waals surface area (Å²) < 4.78 is 97.2. The van der Waals surface area contributed by atoms with Crippen molar-refractivity contribution in [3.05, 3.63) is 53.7 Å². The fourth-order valence-corrected chi connectivity index (χ4v) is 4.62. The van der Waals surface area contributed by atoms with Crippen molar-refractivity contribution < 1.29 is 30.6 Å². The maximum atomic E-state index is 15.4. The zero-order valence-corrected chi connectivity index (χ0v) is 21.4. The van der Waals surface area contributed by atoms with Crippen LogP contribution in [0.2, 0.25) is 0 Å². The van der Waals surface area contributed by atoms with E-state index >= 15 is 4.39 Å². The molecule has 2 atom stereocenters. The molecule has 36 heavy (non-hydrogen) atoms. The Hall–Kier alpha value is -2.40. The fraction of sp³-hybridized carbons (Fsp3) is 0.480. The molecule has 11 heteroatoms. The van der Waals surface area contributed by atoms with Crippen LogP contribution < -0.4 is 5.14 Å². The normalized spacial score (nSPS) is 15.0. The number of hydrogen-bond donors (Lipinski definition) is 1. The Labute approximate surface area is 208 Å². The molecule has 0 spiro atoms. The molecule has 2 aromatic heterocycles. The van der Waals surface area contributed by atoms with Crippen LogP contribution >= 0.6 is 0 Å². The summed E-state index contributed by atoms with van der Waals surface area (Å²) in [5.41, 5.74) is -1.92. The molecule has 0 amide bonds. The summed E-state index contributed by atoms with van der Waals surface area (Å²) in [5.74, 6) is -2.42. The van der Waals surface area contributed by atoms with Crippen LogP contribution in [0.25, 0.3) is 22.0 Å². The number of alkyl halides is 5. The van der Waals surface area contributed by atoms with Gasteiger partial charge in [0.25, 0.3) is 0 Å². The summed E-state index contributed by atoms with van der Waals surface area (Å²) in [6, 6.07) is 4.64. The first-order chi connectivity index (χ1) is 16.4. The predicted octanol–water partition coefficient (Wildman–Crippen LogP) is 7.05. The minimum absolute atomic E-state index is 0.121. The van der Waals surface area contributed by atoms with Gasteiger partial charge in [-0.1, -0.05) is 26.8 Å². The molecule has 2 N–H and O–H groups in total. The van der Waals surface area contributed by atoms with E-state index in [4.69, 9.17) is 5.14 Å². The predicted molar refractivity (Wildman–Crippen MR) is 129 cm³/mol. The van der Waals surface area contributed by atoms with Crippen LogP contribution in [0.5, 0.6) is 0 Å². The number of hydrogen-bond acceptors (Lipinski definition) is 2. The quantitative estimate of drug-likeness (QED) is 0.331. The van der Waals surface area contributed by atoms with E-state index in [1.54, 1.807) is 4.57 Å². The largest absolute Gasteiger partial charge is 0.433 e. The van der Waals surface area contributed by atoms with Crippen molar-refractivity contribution in [3.63, 3.8) is 0 Å². The highest BCUT2D eigenvalue weighted by atomic mass is 32.2. The van der Waals surface area contributed by atoms with Crippen LogP contribution in [0.3, 0.4) is 0 Å². The van der Waals surface area contributed by atoms with Crippen LogP contribution in [0, 0.1) is 11.2 Å². The van der Waals surface area contributed by atoms with Crippen molar-refractivity contribution in [1.82, 2.24) is 9.55 Å². The first-order valence-corrected chi connectivity index (χ1v) is 12.4. The molecule has 0 aliphatic heterocycles. The minimum atomic E-state index is -4.82. The summed E-state index contributed by atoms with van der Waals surface area (Å²) >= 11 is 0. The van der Waals surface area contributed by atoms with E-state index in [0.717, 1.165) is 18.3 Å². The second-order valence-corrected chi connectivity index (χ2v) is 12.4. The SMILES string of the molecule is CC(C)(C)Cn1cc([C@H](CC(C)(C)S(N)=O)C(F)F)c2cc(F)c(-c3cccnc3C(F)(F)F)cc21. The van der Waals surface area contributed by atoms with Crippen molar-refractivity contribution >= 4 is 21.9 Å². The van der Waals surface area contributed by atoms with Crippen LogP contribution in [-0.4, -0.2) is 24.9 Å². The zero-order chi connectivity index (χ0) is 27.2. The molecule has 2 heterocycles. The second kappa shape index (κ2) is 9.81. The molecule has 0 saturated heterocycles. The summed E-state index contributed by atoms with van der Waals surface area (Å²) in [4.78, 5) is 3.40. The number of rotatable bonds is 7. The molecule has 3 rings (SSSR count). The van der Waals surface area contributed by atoms with Gasteiger partial charge in [0.1, 0.15) is 5.82 Å². The highest BCUT2D eigenvalue weighted by Gasteiger charge is 2.38. The van der Waals surface area contributed by atoms with Gasteiger partial charge in [-0.2, -0.15) is 13.2 Å². The lowest BCUT2D eigenvalue weighted by Crippen LogP contribution is -2.35. The zero-order valence-electron chi connectivity index (χ0n) is 20.6. The third-order valence-corrected chi connectivity index (χ3v) is 7.23. The van der Waals surface area contributed by atoms with Crippen LogP contribution in [-0.2, 0) is 23.7 Å². The molecule has 0 aliphatic carbocycles. The average Bonchev–Trinajstić information content (AvgIpc) is 3.05. The molecular formula is C25H29F6N3OS. The monoisotopic (exact) mass is 533 g/mol. The topological polar surface area (TPSA) is 60.9 Å². The molecule has 0 saturated carbocycles. The minimum Gasteiger partial charge on any atom is -0.347 e. The lowest BCUT2D eigenvalue weighted by molar-refractivity contribution is -0.140. The Bertz CT molecular complexity index is 1280.